The van der Waals surface area contributed by atoms with Crippen molar-refractivity contribution in [3.8, 4) is 0 Å². The van der Waals surface area contributed by atoms with Crippen molar-refractivity contribution in [2.75, 3.05) is 5.33 Å². The molecule has 1 rings (SSSR count). The number of halogens is 1. The van der Waals surface area contributed by atoms with Gasteiger partial charge in [0.25, 0.3) is 0 Å². The Hall–Kier alpha value is -0.440. The first-order valence-corrected chi connectivity index (χ1v) is 5.04. The molecule has 0 aliphatic heterocycles. The summed E-state index contributed by atoms with van der Waals surface area (Å²) in [6.45, 7) is 6.30. The van der Waals surface area contributed by atoms with E-state index in [4.69, 9.17) is 0 Å². The molecular formula is C9H13BrN2. The molecule has 1 heterocycles. The number of aromatic nitrogens is 2. The van der Waals surface area contributed by atoms with Crippen molar-refractivity contribution in [1.82, 2.24) is 9.97 Å². The van der Waals surface area contributed by atoms with Crippen molar-refractivity contribution in [3.63, 3.8) is 0 Å². The Bertz CT molecular complexity index is 271. The molecule has 0 amide bonds. The molecule has 0 unspecified atom stereocenters. The van der Waals surface area contributed by atoms with Gasteiger partial charge in [-0.25, -0.2) is 0 Å². The van der Waals surface area contributed by atoms with Gasteiger partial charge < -0.3 is 0 Å². The van der Waals surface area contributed by atoms with E-state index in [2.05, 4.69) is 39.7 Å². The molecule has 66 valence electrons. The van der Waals surface area contributed by atoms with Crippen LogP contribution in [0.2, 0.25) is 0 Å². The van der Waals surface area contributed by atoms with Crippen LogP contribution >= 0.6 is 15.9 Å². The Labute approximate surface area is 81.6 Å². The molecule has 0 aliphatic rings. The number of hydrogen-bond donors (Lipinski definition) is 0. The summed E-state index contributed by atoms with van der Waals surface area (Å²) >= 11 is 3.47. The van der Waals surface area contributed by atoms with Crippen LogP contribution in [0.25, 0.3) is 0 Å². The normalized spacial score (nSPS) is 11.7. The van der Waals surface area contributed by atoms with E-state index in [1.807, 2.05) is 6.92 Å². The zero-order valence-corrected chi connectivity index (χ0v) is 9.22. The third kappa shape index (κ3) is 1.83. The molecule has 12 heavy (non-hydrogen) atoms. The standard InChI is InChI=1S/C9H13BrN2/c1-7-8(9(2,3)6-10)12-5-4-11-7/h4-5H,6H2,1-3H3. The first-order valence-electron chi connectivity index (χ1n) is 3.92. The van der Waals surface area contributed by atoms with Crippen LogP contribution in [0, 0.1) is 6.92 Å². The van der Waals surface area contributed by atoms with Gasteiger partial charge in [0.15, 0.2) is 0 Å². The van der Waals surface area contributed by atoms with Gasteiger partial charge in [0, 0.05) is 23.1 Å². The van der Waals surface area contributed by atoms with Crippen molar-refractivity contribution in [2.45, 2.75) is 26.2 Å². The molecule has 3 heteroatoms. The van der Waals surface area contributed by atoms with Crippen LogP contribution in [0.3, 0.4) is 0 Å². The molecule has 0 fully saturated rings. The first-order chi connectivity index (χ1) is 5.58. The maximum absolute atomic E-state index is 4.33. The Morgan fingerprint density at radius 2 is 1.92 bits per heavy atom. The van der Waals surface area contributed by atoms with Gasteiger partial charge in [-0.2, -0.15) is 0 Å². The van der Waals surface area contributed by atoms with Gasteiger partial charge >= 0.3 is 0 Å². The van der Waals surface area contributed by atoms with Gasteiger partial charge in [-0.3, -0.25) is 9.97 Å². The van der Waals surface area contributed by atoms with Crippen LogP contribution in [-0.2, 0) is 5.41 Å². The average molecular weight is 229 g/mol. The molecule has 0 saturated heterocycles. The Kier molecular flexibility index (Phi) is 2.83. The molecule has 2 nitrogen and oxygen atoms in total. The molecule has 0 bridgehead atoms. The van der Waals surface area contributed by atoms with Crippen LogP contribution in [0.15, 0.2) is 12.4 Å². The highest BCUT2D eigenvalue weighted by atomic mass is 79.9. The van der Waals surface area contributed by atoms with Gasteiger partial charge in [-0.1, -0.05) is 29.8 Å². The molecule has 0 aromatic carbocycles. The third-order valence-electron chi connectivity index (χ3n) is 1.86. The van der Waals surface area contributed by atoms with Crippen molar-refractivity contribution in [2.24, 2.45) is 0 Å². The van der Waals surface area contributed by atoms with E-state index < -0.39 is 0 Å². The van der Waals surface area contributed by atoms with Crippen LogP contribution < -0.4 is 0 Å². The topological polar surface area (TPSA) is 25.8 Å². The fraction of sp³-hybridized carbons (Fsp3) is 0.556. The van der Waals surface area contributed by atoms with E-state index in [0.717, 1.165) is 16.7 Å². The zero-order valence-electron chi connectivity index (χ0n) is 7.63. The molecule has 0 atom stereocenters. The van der Waals surface area contributed by atoms with E-state index in [-0.39, 0.29) is 5.41 Å². The number of hydrogen-bond acceptors (Lipinski definition) is 2. The molecule has 1 aromatic heterocycles. The second kappa shape index (κ2) is 3.52. The minimum Gasteiger partial charge on any atom is -0.258 e. The van der Waals surface area contributed by atoms with Crippen LogP contribution in [0.4, 0.5) is 0 Å². The Morgan fingerprint density at radius 1 is 1.33 bits per heavy atom. The van der Waals surface area contributed by atoms with E-state index in [9.17, 15) is 0 Å². The molecule has 0 saturated carbocycles. The largest absolute Gasteiger partial charge is 0.258 e. The van der Waals surface area contributed by atoms with Crippen LogP contribution in [-0.4, -0.2) is 15.3 Å². The zero-order chi connectivity index (χ0) is 9.19. The molecule has 0 N–H and O–H groups in total. The second-order valence-corrected chi connectivity index (χ2v) is 4.07. The Morgan fingerprint density at radius 3 is 2.42 bits per heavy atom. The van der Waals surface area contributed by atoms with Gasteiger partial charge in [0.2, 0.25) is 0 Å². The molecule has 0 spiro atoms. The number of aryl methyl sites for hydroxylation is 1. The molecule has 1 aromatic rings. The summed E-state index contributed by atoms with van der Waals surface area (Å²) in [5.41, 5.74) is 2.15. The Balaban J connectivity index is 3.10. The van der Waals surface area contributed by atoms with Crippen molar-refractivity contribution >= 4 is 15.9 Å². The number of nitrogens with zero attached hydrogens (tertiary/aromatic N) is 2. The summed E-state index contributed by atoms with van der Waals surface area (Å²) in [6, 6.07) is 0. The summed E-state index contributed by atoms with van der Waals surface area (Å²) in [5, 5.41) is 0.902. The minimum absolute atomic E-state index is 0.0678. The SMILES string of the molecule is Cc1nccnc1C(C)(C)CBr. The lowest BCUT2D eigenvalue weighted by Crippen LogP contribution is -2.22. The van der Waals surface area contributed by atoms with Crippen LogP contribution in [0.5, 0.6) is 0 Å². The van der Waals surface area contributed by atoms with E-state index in [0.29, 0.717) is 0 Å². The predicted octanol–water partition coefficient (Wildman–Crippen LogP) is 2.46. The smallest absolute Gasteiger partial charge is 0.0680 e. The fourth-order valence-corrected chi connectivity index (χ4v) is 1.40. The number of alkyl halides is 1. The fourth-order valence-electron chi connectivity index (χ4n) is 1.14. The lowest BCUT2D eigenvalue weighted by Gasteiger charge is -2.21. The molecular weight excluding hydrogens is 216 g/mol. The summed E-state index contributed by atoms with van der Waals surface area (Å²) < 4.78 is 0. The monoisotopic (exact) mass is 228 g/mol. The summed E-state index contributed by atoms with van der Waals surface area (Å²) in [5.74, 6) is 0. The summed E-state index contributed by atoms with van der Waals surface area (Å²) in [7, 11) is 0. The first kappa shape index (κ1) is 9.65. The van der Waals surface area contributed by atoms with Crippen molar-refractivity contribution < 1.29 is 0 Å². The van der Waals surface area contributed by atoms with Gasteiger partial charge in [0.1, 0.15) is 0 Å². The lowest BCUT2D eigenvalue weighted by molar-refractivity contribution is 0.574. The van der Waals surface area contributed by atoms with Crippen LogP contribution in [0.1, 0.15) is 25.2 Å². The summed E-state index contributed by atoms with van der Waals surface area (Å²) in [6.07, 6.45) is 3.47. The van der Waals surface area contributed by atoms with Crippen molar-refractivity contribution in [1.29, 1.82) is 0 Å². The third-order valence-corrected chi connectivity index (χ3v) is 3.26. The van der Waals surface area contributed by atoms with E-state index >= 15 is 0 Å². The van der Waals surface area contributed by atoms with E-state index in [1.54, 1.807) is 12.4 Å². The maximum Gasteiger partial charge on any atom is 0.0680 e. The maximum atomic E-state index is 4.33. The highest BCUT2D eigenvalue weighted by Gasteiger charge is 2.22. The molecule has 0 radical (unpaired) electrons. The second-order valence-electron chi connectivity index (χ2n) is 3.51. The predicted molar refractivity (Wildman–Crippen MR) is 53.6 cm³/mol. The van der Waals surface area contributed by atoms with Gasteiger partial charge in [0.05, 0.1) is 11.4 Å². The van der Waals surface area contributed by atoms with Gasteiger partial charge in [-0.05, 0) is 6.92 Å². The molecule has 0 aliphatic carbocycles. The van der Waals surface area contributed by atoms with Gasteiger partial charge in [-0.15, -0.1) is 0 Å². The minimum atomic E-state index is 0.0678. The highest BCUT2D eigenvalue weighted by molar-refractivity contribution is 9.09. The highest BCUT2D eigenvalue weighted by Crippen LogP contribution is 2.24. The number of rotatable bonds is 2. The average Bonchev–Trinajstić information content (AvgIpc) is 2.05. The quantitative estimate of drug-likeness (QED) is 0.728. The van der Waals surface area contributed by atoms with Crippen molar-refractivity contribution in [3.05, 3.63) is 23.8 Å². The lowest BCUT2D eigenvalue weighted by atomic mass is 9.90. The van der Waals surface area contributed by atoms with E-state index in [1.165, 1.54) is 0 Å². The summed E-state index contributed by atoms with van der Waals surface area (Å²) in [4.78, 5) is 8.54.